The van der Waals surface area contributed by atoms with Gasteiger partial charge in [0.15, 0.2) is 0 Å². The molecule has 0 spiro atoms. The fraction of sp³-hybridized carbons (Fsp3) is 0.625. The highest BCUT2D eigenvalue weighted by Crippen LogP contribution is 2.29. The second-order valence-electron chi connectivity index (χ2n) is 5.46. The maximum Gasteiger partial charge on any atom is 0.128 e. The second-order valence-corrected chi connectivity index (χ2v) is 5.46. The molecular formula is C16H25ClF2N2. The Labute approximate surface area is 132 Å². The van der Waals surface area contributed by atoms with Gasteiger partial charge < -0.3 is 5.32 Å². The smallest absolute Gasteiger partial charge is 0.128 e. The molecule has 2 nitrogen and oxygen atoms in total. The van der Waals surface area contributed by atoms with Crippen molar-refractivity contribution in [2.75, 3.05) is 26.2 Å². The van der Waals surface area contributed by atoms with Crippen LogP contribution in [0.25, 0.3) is 0 Å². The molecule has 1 saturated heterocycles. The Kier molecular flexibility index (Phi) is 8.15. The Balaban J connectivity index is 0.00000220. The summed E-state index contributed by atoms with van der Waals surface area (Å²) in [5, 5.41) is 3.30. The molecule has 21 heavy (non-hydrogen) atoms. The molecule has 1 aliphatic rings. The number of hydrogen-bond acceptors (Lipinski definition) is 2. The van der Waals surface area contributed by atoms with E-state index in [1.54, 1.807) is 0 Å². The maximum absolute atomic E-state index is 14.1. The van der Waals surface area contributed by atoms with Crippen LogP contribution in [0.2, 0.25) is 0 Å². The second kappa shape index (κ2) is 9.34. The molecule has 1 aromatic rings. The van der Waals surface area contributed by atoms with E-state index in [0.717, 1.165) is 51.9 Å². The summed E-state index contributed by atoms with van der Waals surface area (Å²) in [4.78, 5) is 2.28. The third kappa shape index (κ3) is 5.20. The highest BCUT2D eigenvalue weighted by atomic mass is 35.5. The standard InChI is InChI=1S/C16H24F2N2.ClH/c1-2-3-4-5-16(20-10-8-19-9-11-20)14-12-13(17)6-7-15(14)18;/h6-7,12,16,19H,2-5,8-11H2,1H3;1H/t16-;/m1./s1. The normalized spacial score (nSPS) is 17.3. The highest BCUT2D eigenvalue weighted by Gasteiger charge is 2.24. The van der Waals surface area contributed by atoms with Gasteiger partial charge in [-0.05, 0) is 24.6 Å². The molecule has 1 heterocycles. The number of benzene rings is 1. The monoisotopic (exact) mass is 318 g/mol. The average Bonchev–Trinajstić information content (AvgIpc) is 2.48. The number of nitrogens with zero attached hydrogens (tertiary/aromatic N) is 1. The molecule has 0 aliphatic carbocycles. The topological polar surface area (TPSA) is 15.3 Å². The molecule has 0 unspecified atom stereocenters. The molecule has 0 saturated carbocycles. The molecule has 0 amide bonds. The average molecular weight is 319 g/mol. The zero-order chi connectivity index (χ0) is 14.4. The zero-order valence-corrected chi connectivity index (χ0v) is 13.4. The quantitative estimate of drug-likeness (QED) is 0.800. The number of halogens is 3. The number of hydrogen-bond donors (Lipinski definition) is 1. The molecule has 0 bridgehead atoms. The number of nitrogens with one attached hydrogen (secondary N) is 1. The summed E-state index contributed by atoms with van der Waals surface area (Å²) in [5.74, 6) is -0.636. The maximum atomic E-state index is 14.1. The minimum atomic E-state index is -0.350. The van der Waals surface area contributed by atoms with Crippen LogP contribution in [0.15, 0.2) is 18.2 Å². The van der Waals surface area contributed by atoms with Gasteiger partial charge in [-0.2, -0.15) is 0 Å². The third-order valence-electron chi connectivity index (χ3n) is 3.99. The lowest BCUT2D eigenvalue weighted by molar-refractivity contribution is 0.159. The van der Waals surface area contributed by atoms with E-state index in [0.29, 0.717) is 5.56 Å². The molecule has 1 aromatic carbocycles. The third-order valence-corrected chi connectivity index (χ3v) is 3.99. The van der Waals surface area contributed by atoms with E-state index in [1.807, 2.05) is 0 Å². The summed E-state index contributed by atoms with van der Waals surface area (Å²) in [5.41, 5.74) is 0.517. The summed E-state index contributed by atoms with van der Waals surface area (Å²) >= 11 is 0. The van der Waals surface area contributed by atoms with Crippen molar-refractivity contribution in [3.8, 4) is 0 Å². The predicted octanol–water partition coefficient (Wildman–Crippen LogP) is 3.91. The van der Waals surface area contributed by atoms with Crippen LogP contribution in [0.4, 0.5) is 8.78 Å². The SMILES string of the molecule is CCCCC[C@H](c1cc(F)ccc1F)N1CCNCC1.Cl. The van der Waals surface area contributed by atoms with Crippen molar-refractivity contribution in [1.82, 2.24) is 10.2 Å². The zero-order valence-electron chi connectivity index (χ0n) is 12.6. The van der Waals surface area contributed by atoms with Gasteiger partial charge in [-0.15, -0.1) is 12.4 Å². The molecule has 1 fully saturated rings. The van der Waals surface area contributed by atoms with Gasteiger partial charge in [0.05, 0.1) is 0 Å². The van der Waals surface area contributed by atoms with Gasteiger partial charge in [-0.3, -0.25) is 4.90 Å². The molecule has 120 valence electrons. The molecule has 1 aliphatic heterocycles. The highest BCUT2D eigenvalue weighted by molar-refractivity contribution is 5.85. The Morgan fingerprint density at radius 1 is 1.19 bits per heavy atom. The molecule has 0 aromatic heterocycles. The van der Waals surface area contributed by atoms with Crippen LogP contribution in [0.3, 0.4) is 0 Å². The van der Waals surface area contributed by atoms with E-state index in [9.17, 15) is 8.78 Å². The van der Waals surface area contributed by atoms with Crippen molar-refractivity contribution >= 4 is 12.4 Å². The first-order valence-electron chi connectivity index (χ1n) is 7.62. The van der Waals surface area contributed by atoms with Crippen molar-refractivity contribution in [1.29, 1.82) is 0 Å². The molecule has 0 radical (unpaired) electrons. The summed E-state index contributed by atoms with van der Waals surface area (Å²) < 4.78 is 27.5. The number of unbranched alkanes of at least 4 members (excludes halogenated alkanes) is 2. The first kappa shape index (κ1) is 18.3. The lowest BCUT2D eigenvalue weighted by Crippen LogP contribution is -2.45. The van der Waals surface area contributed by atoms with E-state index >= 15 is 0 Å². The largest absolute Gasteiger partial charge is 0.314 e. The van der Waals surface area contributed by atoms with Crippen LogP contribution in [0.5, 0.6) is 0 Å². The van der Waals surface area contributed by atoms with Gasteiger partial charge >= 0.3 is 0 Å². The van der Waals surface area contributed by atoms with Crippen molar-refractivity contribution in [2.45, 2.75) is 38.6 Å². The first-order valence-corrected chi connectivity index (χ1v) is 7.62. The van der Waals surface area contributed by atoms with E-state index in [2.05, 4.69) is 17.1 Å². The minimum Gasteiger partial charge on any atom is -0.314 e. The number of piperazine rings is 1. The van der Waals surface area contributed by atoms with Gasteiger partial charge in [0.2, 0.25) is 0 Å². The Morgan fingerprint density at radius 3 is 2.57 bits per heavy atom. The molecule has 2 rings (SSSR count). The fourth-order valence-corrected chi connectivity index (χ4v) is 2.89. The van der Waals surface area contributed by atoms with Crippen molar-refractivity contribution < 1.29 is 8.78 Å². The van der Waals surface area contributed by atoms with E-state index in [1.165, 1.54) is 18.2 Å². The molecular weight excluding hydrogens is 294 g/mol. The van der Waals surface area contributed by atoms with Crippen molar-refractivity contribution in [2.24, 2.45) is 0 Å². The first-order chi connectivity index (χ1) is 9.72. The van der Waals surface area contributed by atoms with E-state index in [4.69, 9.17) is 0 Å². The van der Waals surface area contributed by atoms with Crippen LogP contribution in [-0.2, 0) is 0 Å². The van der Waals surface area contributed by atoms with Gasteiger partial charge in [0.1, 0.15) is 11.6 Å². The van der Waals surface area contributed by atoms with Crippen molar-refractivity contribution in [3.63, 3.8) is 0 Å². The van der Waals surface area contributed by atoms with E-state index < -0.39 is 0 Å². The Bertz CT molecular complexity index is 423. The van der Waals surface area contributed by atoms with E-state index in [-0.39, 0.29) is 30.1 Å². The van der Waals surface area contributed by atoms with Crippen LogP contribution in [-0.4, -0.2) is 31.1 Å². The summed E-state index contributed by atoms with van der Waals surface area (Å²) in [6, 6.07) is 3.81. The Morgan fingerprint density at radius 2 is 1.90 bits per heavy atom. The molecule has 1 N–H and O–H groups in total. The molecule has 1 atom stereocenters. The van der Waals surface area contributed by atoms with Gasteiger partial charge in [0.25, 0.3) is 0 Å². The molecule has 5 heteroatoms. The lowest BCUT2D eigenvalue weighted by Gasteiger charge is -2.35. The fourth-order valence-electron chi connectivity index (χ4n) is 2.89. The predicted molar refractivity (Wildman–Crippen MR) is 84.9 cm³/mol. The summed E-state index contributed by atoms with van der Waals surface area (Å²) in [6.07, 6.45) is 4.23. The minimum absolute atomic E-state index is 0. The van der Waals surface area contributed by atoms with Crippen LogP contribution in [0, 0.1) is 11.6 Å². The van der Waals surface area contributed by atoms with Gasteiger partial charge in [-0.1, -0.05) is 26.2 Å². The Hall–Kier alpha value is -0.710. The van der Waals surface area contributed by atoms with Gasteiger partial charge in [-0.25, -0.2) is 8.78 Å². The van der Waals surface area contributed by atoms with Crippen LogP contribution in [0.1, 0.15) is 44.2 Å². The van der Waals surface area contributed by atoms with Crippen LogP contribution >= 0.6 is 12.4 Å². The lowest BCUT2D eigenvalue weighted by atomic mass is 9.97. The number of rotatable bonds is 6. The van der Waals surface area contributed by atoms with Crippen LogP contribution < -0.4 is 5.32 Å². The van der Waals surface area contributed by atoms with Gasteiger partial charge in [0, 0.05) is 37.8 Å². The summed E-state index contributed by atoms with van der Waals surface area (Å²) in [6.45, 7) is 5.78. The van der Waals surface area contributed by atoms with Crippen molar-refractivity contribution in [3.05, 3.63) is 35.4 Å². The summed E-state index contributed by atoms with van der Waals surface area (Å²) in [7, 11) is 0.